The SMILES string of the molecule is CCCOc1ccc(NS(=O)(=O)C(C)C#N)cc1. The Bertz CT molecular complexity index is 517. The highest BCUT2D eigenvalue weighted by Crippen LogP contribution is 2.17. The molecule has 0 aliphatic rings. The first-order valence-electron chi connectivity index (χ1n) is 5.63. The molecule has 0 bridgehead atoms. The molecule has 0 heterocycles. The average Bonchev–Trinajstić information content (AvgIpc) is 2.36. The molecule has 1 atom stereocenters. The second-order valence-electron chi connectivity index (χ2n) is 3.79. The predicted octanol–water partition coefficient (Wildman–Crippen LogP) is 2.13. The van der Waals surface area contributed by atoms with Gasteiger partial charge in [-0.25, -0.2) is 8.42 Å². The summed E-state index contributed by atoms with van der Waals surface area (Å²) >= 11 is 0. The summed E-state index contributed by atoms with van der Waals surface area (Å²) in [5.41, 5.74) is 0.418. The van der Waals surface area contributed by atoms with Crippen LogP contribution in [0.3, 0.4) is 0 Å². The molecule has 0 saturated heterocycles. The Balaban J connectivity index is 2.73. The summed E-state index contributed by atoms with van der Waals surface area (Å²) in [5.74, 6) is 0.688. The van der Waals surface area contributed by atoms with Crippen molar-refractivity contribution in [1.82, 2.24) is 0 Å². The molecule has 0 aliphatic carbocycles. The third kappa shape index (κ3) is 3.93. The van der Waals surface area contributed by atoms with Crippen LogP contribution in [-0.4, -0.2) is 20.3 Å². The van der Waals surface area contributed by atoms with Crippen molar-refractivity contribution in [2.45, 2.75) is 25.5 Å². The molecule has 5 nitrogen and oxygen atoms in total. The van der Waals surface area contributed by atoms with Gasteiger partial charge in [0.05, 0.1) is 12.7 Å². The first-order valence-corrected chi connectivity index (χ1v) is 7.18. The van der Waals surface area contributed by atoms with E-state index < -0.39 is 15.3 Å². The van der Waals surface area contributed by atoms with Crippen molar-refractivity contribution in [2.24, 2.45) is 0 Å². The van der Waals surface area contributed by atoms with Gasteiger partial charge in [-0.2, -0.15) is 5.26 Å². The summed E-state index contributed by atoms with van der Waals surface area (Å²) in [7, 11) is -3.65. The normalized spacial score (nSPS) is 12.5. The van der Waals surface area contributed by atoms with Crippen LogP contribution < -0.4 is 9.46 Å². The van der Waals surface area contributed by atoms with Crippen molar-refractivity contribution in [3.63, 3.8) is 0 Å². The molecule has 0 spiro atoms. The molecule has 0 amide bonds. The number of nitrogens with one attached hydrogen (secondary N) is 1. The first kappa shape index (κ1) is 14.3. The average molecular weight is 268 g/mol. The minimum Gasteiger partial charge on any atom is -0.494 e. The molecule has 1 N–H and O–H groups in total. The number of ether oxygens (including phenoxy) is 1. The van der Waals surface area contributed by atoms with Gasteiger partial charge in [-0.1, -0.05) is 6.92 Å². The van der Waals surface area contributed by atoms with Gasteiger partial charge in [-0.05, 0) is 37.6 Å². The van der Waals surface area contributed by atoms with E-state index in [4.69, 9.17) is 10.00 Å². The minimum absolute atomic E-state index is 0.418. The van der Waals surface area contributed by atoms with E-state index in [2.05, 4.69) is 4.72 Å². The van der Waals surface area contributed by atoms with E-state index in [1.54, 1.807) is 30.3 Å². The van der Waals surface area contributed by atoms with Crippen molar-refractivity contribution in [3.8, 4) is 11.8 Å². The van der Waals surface area contributed by atoms with E-state index in [-0.39, 0.29) is 0 Å². The summed E-state index contributed by atoms with van der Waals surface area (Å²) < 4.78 is 31.0. The summed E-state index contributed by atoms with van der Waals surface area (Å²) in [6.07, 6.45) is 0.911. The van der Waals surface area contributed by atoms with Crippen LogP contribution >= 0.6 is 0 Å². The van der Waals surface area contributed by atoms with Crippen molar-refractivity contribution in [1.29, 1.82) is 5.26 Å². The highest BCUT2D eigenvalue weighted by atomic mass is 32.2. The van der Waals surface area contributed by atoms with E-state index in [1.807, 2.05) is 6.92 Å². The fourth-order valence-electron chi connectivity index (χ4n) is 1.16. The molecule has 1 aromatic carbocycles. The zero-order chi connectivity index (χ0) is 13.6. The summed E-state index contributed by atoms with van der Waals surface area (Å²) in [6.45, 7) is 3.96. The Hall–Kier alpha value is -1.74. The fourth-order valence-corrected chi connectivity index (χ4v) is 1.94. The molecule has 1 unspecified atom stereocenters. The predicted molar refractivity (Wildman–Crippen MR) is 69.8 cm³/mol. The number of benzene rings is 1. The lowest BCUT2D eigenvalue weighted by Crippen LogP contribution is -2.23. The summed E-state index contributed by atoms with van der Waals surface area (Å²) in [4.78, 5) is 0. The maximum absolute atomic E-state index is 11.6. The molecule has 98 valence electrons. The lowest BCUT2D eigenvalue weighted by molar-refractivity contribution is 0.317. The van der Waals surface area contributed by atoms with E-state index in [1.165, 1.54) is 6.92 Å². The van der Waals surface area contributed by atoms with Gasteiger partial charge < -0.3 is 4.74 Å². The molecule has 1 aromatic rings. The maximum atomic E-state index is 11.6. The smallest absolute Gasteiger partial charge is 0.248 e. The largest absolute Gasteiger partial charge is 0.494 e. The fraction of sp³-hybridized carbons (Fsp3) is 0.417. The van der Waals surface area contributed by atoms with E-state index >= 15 is 0 Å². The highest BCUT2D eigenvalue weighted by molar-refractivity contribution is 7.93. The second kappa shape index (κ2) is 6.26. The van der Waals surface area contributed by atoms with Crippen LogP contribution in [0.5, 0.6) is 5.75 Å². The quantitative estimate of drug-likeness (QED) is 0.857. The van der Waals surface area contributed by atoms with E-state index in [9.17, 15) is 8.42 Å². The number of nitrogens with zero attached hydrogens (tertiary/aromatic N) is 1. The van der Waals surface area contributed by atoms with Crippen LogP contribution in [0.15, 0.2) is 24.3 Å². The molecule has 1 rings (SSSR count). The molecule has 0 aliphatic heterocycles. The van der Waals surface area contributed by atoms with E-state index in [0.29, 0.717) is 18.0 Å². The zero-order valence-corrected chi connectivity index (χ0v) is 11.2. The Kier molecular flexibility index (Phi) is 4.98. The van der Waals surface area contributed by atoms with Crippen LogP contribution in [0.1, 0.15) is 20.3 Å². The molecule has 0 aromatic heterocycles. The topological polar surface area (TPSA) is 79.2 Å². The van der Waals surface area contributed by atoms with Crippen molar-refractivity contribution in [3.05, 3.63) is 24.3 Å². The Morgan fingerprint density at radius 3 is 2.50 bits per heavy atom. The summed E-state index contributed by atoms with van der Waals surface area (Å²) in [5, 5.41) is 7.51. The van der Waals surface area contributed by atoms with Gasteiger partial charge in [-0.15, -0.1) is 0 Å². The molecule has 0 saturated carbocycles. The van der Waals surface area contributed by atoms with Crippen LogP contribution in [0.2, 0.25) is 0 Å². The lowest BCUT2D eigenvalue weighted by Gasteiger charge is -2.10. The third-order valence-corrected chi connectivity index (χ3v) is 3.79. The number of rotatable bonds is 6. The Morgan fingerprint density at radius 1 is 1.39 bits per heavy atom. The van der Waals surface area contributed by atoms with Crippen LogP contribution in [-0.2, 0) is 10.0 Å². The van der Waals surface area contributed by atoms with E-state index in [0.717, 1.165) is 6.42 Å². The lowest BCUT2D eigenvalue weighted by atomic mass is 10.3. The summed E-state index contributed by atoms with van der Waals surface area (Å²) in [6, 6.07) is 8.27. The molecule has 18 heavy (non-hydrogen) atoms. The standard InChI is InChI=1S/C12H16N2O3S/c1-3-8-17-12-6-4-11(5-7-12)14-18(15,16)10(2)9-13/h4-7,10,14H,3,8H2,1-2H3. The number of hydrogen-bond donors (Lipinski definition) is 1. The van der Waals surface area contributed by atoms with Crippen LogP contribution in [0.4, 0.5) is 5.69 Å². The van der Waals surface area contributed by atoms with Gasteiger partial charge in [0, 0.05) is 5.69 Å². The van der Waals surface area contributed by atoms with Gasteiger partial charge in [0.1, 0.15) is 5.75 Å². The van der Waals surface area contributed by atoms with Crippen LogP contribution in [0.25, 0.3) is 0 Å². The monoisotopic (exact) mass is 268 g/mol. The van der Waals surface area contributed by atoms with Crippen molar-refractivity contribution >= 4 is 15.7 Å². The second-order valence-corrected chi connectivity index (χ2v) is 5.79. The third-order valence-electron chi connectivity index (χ3n) is 2.23. The van der Waals surface area contributed by atoms with Gasteiger partial charge in [0.15, 0.2) is 5.25 Å². The Labute approximate surface area is 107 Å². The number of hydrogen-bond acceptors (Lipinski definition) is 4. The van der Waals surface area contributed by atoms with Crippen LogP contribution in [0, 0.1) is 11.3 Å². The van der Waals surface area contributed by atoms with Gasteiger partial charge >= 0.3 is 0 Å². The molecular weight excluding hydrogens is 252 g/mol. The van der Waals surface area contributed by atoms with Crippen molar-refractivity contribution < 1.29 is 13.2 Å². The first-order chi connectivity index (χ1) is 8.49. The number of anilines is 1. The van der Waals surface area contributed by atoms with Gasteiger partial charge in [0.25, 0.3) is 0 Å². The molecular formula is C12H16N2O3S. The minimum atomic E-state index is -3.65. The zero-order valence-electron chi connectivity index (χ0n) is 10.4. The number of nitriles is 1. The van der Waals surface area contributed by atoms with Gasteiger partial charge in [-0.3, -0.25) is 4.72 Å². The highest BCUT2D eigenvalue weighted by Gasteiger charge is 2.19. The Morgan fingerprint density at radius 2 is 2.00 bits per heavy atom. The maximum Gasteiger partial charge on any atom is 0.248 e. The molecule has 6 heteroatoms. The van der Waals surface area contributed by atoms with Crippen molar-refractivity contribution in [2.75, 3.05) is 11.3 Å². The molecule has 0 fully saturated rings. The van der Waals surface area contributed by atoms with Gasteiger partial charge in [0.2, 0.25) is 10.0 Å². The molecule has 0 radical (unpaired) electrons. The number of sulfonamides is 1.